The summed E-state index contributed by atoms with van der Waals surface area (Å²) in [5.74, 6) is -0.357. The molecule has 2 aliphatic rings. The lowest BCUT2D eigenvalue weighted by molar-refractivity contribution is -0.151. The van der Waals surface area contributed by atoms with E-state index in [4.69, 9.17) is 0 Å². The van der Waals surface area contributed by atoms with Crippen molar-refractivity contribution in [1.82, 2.24) is 0 Å². The fraction of sp³-hybridized carbons (Fsp3) is 0.588. The van der Waals surface area contributed by atoms with Gasteiger partial charge in [-0.15, -0.1) is 0 Å². The van der Waals surface area contributed by atoms with E-state index in [9.17, 15) is 9.90 Å². The van der Waals surface area contributed by atoms with Crippen LogP contribution in [0.5, 0.6) is 0 Å². The summed E-state index contributed by atoms with van der Waals surface area (Å²) >= 11 is 0. The van der Waals surface area contributed by atoms with Crippen LogP contribution in [0.4, 0.5) is 0 Å². The molecule has 1 atom stereocenters. The normalized spacial score (nSPS) is 33.9. The summed E-state index contributed by atoms with van der Waals surface area (Å²) in [6.45, 7) is 2.08. The fourth-order valence-corrected chi connectivity index (χ4v) is 4.52. The van der Waals surface area contributed by atoms with Crippen molar-refractivity contribution in [3.05, 3.63) is 35.4 Å². The van der Waals surface area contributed by atoms with E-state index in [1.165, 1.54) is 24.0 Å². The lowest BCUT2D eigenvalue weighted by Gasteiger charge is -2.50. The van der Waals surface area contributed by atoms with Gasteiger partial charge in [-0.2, -0.15) is 0 Å². The lowest BCUT2D eigenvalue weighted by atomic mass is 9.53. The van der Waals surface area contributed by atoms with Gasteiger partial charge in [-0.05, 0) is 44.1 Å². The number of hydrogen-bond acceptors (Lipinski definition) is 1. The van der Waals surface area contributed by atoms with Gasteiger partial charge in [0.1, 0.15) is 0 Å². The Bertz CT molecular complexity index is 465. The van der Waals surface area contributed by atoms with E-state index in [1.807, 2.05) is 0 Å². The van der Waals surface area contributed by atoms with Crippen LogP contribution in [0.1, 0.15) is 49.7 Å². The molecule has 1 aromatic carbocycles. The summed E-state index contributed by atoms with van der Waals surface area (Å²) in [5, 5.41) is 9.73. The van der Waals surface area contributed by atoms with E-state index in [1.54, 1.807) is 0 Å². The number of benzene rings is 1. The molecule has 2 fully saturated rings. The van der Waals surface area contributed by atoms with Crippen molar-refractivity contribution in [3.63, 3.8) is 0 Å². The molecule has 102 valence electrons. The predicted molar refractivity (Wildman–Crippen MR) is 75.2 cm³/mol. The molecular weight excluding hydrogens is 236 g/mol. The van der Waals surface area contributed by atoms with Gasteiger partial charge in [-0.1, -0.05) is 42.7 Å². The third-order valence-electron chi connectivity index (χ3n) is 5.35. The first-order valence-electron chi connectivity index (χ1n) is 7.43. The molecule has 0 amide bonds. The van der Waals surface area contributed by atoms with Crippen molar-refractivity contribution in [2.75, 3.05) is 0 Å². The second kappa shape index (κ2) is 4.66. The van der Waals surface area contributed by atoms with E-state index in [-0.39, 0.29) is 11.3 Å². The highest BCUT2D eigenvalue weighted by Crippen LogP contribution is 2.54. The smallest absolute Gasteiger partial charge is 0.307 e. The van der Waals surface area contributed by atoms with Crippen LogP contribution in [0.25, 0.3) is 0 Å². The Morgan fingerprint density at radius 1 is 1.16 bits per heavy atom. The van der Waals surface area contributed by atoms with Gasteiger partial charge in [0.2, 0.25) is 0 Å². The van der Waals surface area contributed by atoms with E-state index in [0.29, 0.717) is 5.92 Å². The van der Waals surface area contributed by atoms with Gasteiger partial charge in [-0.3, -0.25) is 4.79 Å². The van der Waals surface area contributed by atoms with Crippen LogP contribution in [-0.4, -0.2) is 11.1 Å². The maximum Gasteiger partial charge on any atom is 0.307 e. The van der Waals surface area contributed by atoms with E-state index >= 15 is 0 Å². The Morgan fingerprint density at radius 2 is 1.74 bits per heavy atom. The third-order valence-corrected chi connectivity index (χ3v) is 5.35. The first-order valence-corrected chi connectivity index (χ1v) is 7.43. The Morgan fingerprint density at radius 3 is 2.26 bits per heavy atom. The molecule has 1 aromatic rings. The number of carbonyl (C=O) groups is 1. The molecule has 1 unspecified atom stereocenters. The molecular formula is C17H22O2. The van der Waals surface area contributed by atoms with Crippen LogP contribution < -0.4 is 0 Å². The number of aryl methyl sites for hydroxylation is 1. The van der Waals surface area contributed by atoms with E-state index in [2.05, 4.69) is 31.2 Å². The molecule has 0 saturated heterocycles. The number of fused-ring (bicyclic) bond motifs is 2. The highest BCUT2D eigenvalue weighted by Gasteiger charge is 2.52. The van der Waals surface area contributed by atoms with Crippen LogP contribution in [0.3, 0.4) is 0 Å². The van der Waals surface area contributed by atoms with Crippen molar-refractivity contribution < 1.29 is 9.90 Å². The second-order valence-corrected chi connectivity index (χ2v) is 6.38. The van der Waals surface area contributed by atoms with Crippen molar-refractivity contribution in [3.8, 4) is 0 Å². The molecule has 2 saturated carbocycles. The van der Waals surface area contributed by atoms with Crippen molar-refractivity contribution >= 4 is 5.97 Å². The minimum Gasteiger partial charge on any atom is -0.481 e. The Kier molecular flexibility index (Phi) is 3.12. The molecule has 0 aromatic heterocycles. The Labute approximate surface area is 114 Å². The molecule has 0 aliphatic heterocycles. The van der Waals surface area contributed by atoms with Crippen molar-refractivity contribution in [2.24, 2.45) is 11.8 Å². The topological polar surface area (TPSA) is 37.3 Å². The molecule has 2 heteroatoms. The Hall–Kier alpha value is -1.31. The molecule has 2 bridgehead atoms. The zero-order valence-electron chi connectivity index (χ0n) is 11.6. The first kappa shape index (κ1) is 12.7. The van der Waals surface area contributed by atoms with Gasteiger partial charge in [0.15, 0.2) is 0 Å². The molecule has 2 aliphatic carbocycles. The zero-order valence-corrected chi connectivity index (χ0v) is 11.6. The summed E-state index contributed by atoms with van der Waals surface area (Å²) in [6, 6.07) is 8.58. The van der Waals surface area contributed by atoms with Gasteiger partial charge >= 0.3 is 5.97 Å². The molecule has 0 heterocycles. The fourth-order valence-electron chi connectivity index (χ4n) is 4.52. The monoisotopic (exact) mass is 258 g/mol. The molecule has 3 rings (SSSR count). The Balaban J connectivity index is 2.06. The predicted octanol–water partition coefficient (Wildman–Crippen LogP) is 3.92. The number of carboxylic acid groups (broad SMARTS) is 1. The number of carboxylic acids is 1. The molecule has 1 N–H and O–H groups in total. The van der Waals surface area contributed by atoms with Crippen LogP contribution in [0, 0.1) is 18.8 Å². The van der Waals surface area contributed by atoms with Crippen LogP contribution in [0.2, 0.25) is 0 Å². The second-order valence-electron chi connectivity index (χ2n) is 6.38. The standard InChI is InChI=1S/C17H22O2/c1-12-6-8-14(9-7-12)17-10-2-4-13(5-3-11-17)15(17)16(18)19/h6-9,13,15H,2-5,10-11H2,1H3,(H,18,19). The minimum absolute atomic E-state index is 0.0965. The lowest BCUT2D eigenvalue weighted by Crippen LogP contribution is -2.49. The summed E-state index contributed by atoms with van der Waals surface area (Å²) in [5.41, 5.74) is 2.41. The van der Waals surface area contributed by atoms with Crippen LogP contribution in [-0.2, 0) is 10.2 Å². The summed E-state index contributed by atoms with van der Waals surface area (Å²) < 4.78 is 0. The van der Waals surface area contributed by atoms with Gasteiger partial charge in [0.05, 0.1) is 5.92 Å². The van der Waals surface area contributed by atoms with Crippen LogP contribution in [0.15, 0.2) is 24.3 Å². The first-order chi connectivity index (χ1) is 9.13. The molecule has 0 spiro atoms. The summed E-state index contributed by atoms with van der Waals surface area (Å²) in [7, 11) is 0. The highest BCUT2D eigenvalue weighted by atomic mass is 16.4. The number of aliphatic carboxylic acids is 1. The van der Waals surface area contributed by atoms with Crippen LogP contribution >= 0.6 is 0 Å². The SMILES string of the molecule is Cc1ccc(C23CCCC(CCC2)C3C(=O)O)cc1. The average Bonchev–Trinajstić information content (AvgIpc) is 2.38. The third kappa shape index (κ3) is 1.98. The van der Waals surface area contributed by atoms with Crippen molar-refractivity contribution in [1.29, 1.82) is 0 Å². The maximum absolute atomic E-state index is 11.8. The van der Waals surface area contributed by atoms with Gasteiger partial charge < -0.3 is 5.11 Å². The largest absolute Gasteiger partial charge is 0.481 e. The van der Waals surface area contributed by atoms with E-state index < -0.39 is 5.97 Å². The quantitative estimate of drug-likeness (QED) is 0.873. The molecule has 19 heavy (non-hydrogen) atoms. The minimum atomic E-state index is -0.579. The van der Waals surface area contributed by atoms with Crippen molar-refractivity contribution in [2.45, 2.75) is 50.9 Å². The summed E-state index contributed by atoms with van der Waals surface area (Å²) in [6.07, 6.45) is 6.66. The molecule has 0 radical (unpaired) electrons. The van der Waals surface area contributed by atoms with Gasteiger partial charge in [0, 0.05) is 5.41 Å². The van der Waals surface area contributed by atoms with Gasteiger partial charge in [0.25, 0.3) is 0 Å². The van der Waals surface area contributed by atoms with Gasteiger partial charge in [-0.25, -0.2) is 0 Å². The van der Waals surface area contributed by atoms with E-state index in [0.717, 1.165) is 25.7 Å². The average molecular weight is 258 g/mol. The summed E-state index contributed by atoms with van der Waals surface area (Å²) in [4.78, 5) is 11.8. The highest BCUT2D eigenvalue weighted by molar-refractivity contribution is 5.73. The molecule has 2 nitrogen and oxygen atoms in total. The zero-order chi connectivity index (χ0) is 13.5. The maximum atomic E-state index is 11.8. The number of rotatable bonds is 2. The number of hydrogen-bond donors (Lipinski definition) is 1.